The Labute approximate surface area is 367 Å². The molecular weight excluding hydrogens is 803 g/mol. The van der Waals surface area contributed by atoms with Crippen molar-refractivity contribution in [3.05, 3.63) is 48.6 Å². The van der Waals surface area contributed by atoms with Crippen LogP contribution < -0.4 is 0 Å². The second-order valence-corrected chi connectivity index (χ2v) is 17.7. The number of carbonyl (C=O) groups excluding carboxylic acids is 2. The Hall–Kier alpha value is -2.19. The highest BCUT2D eigenvalue weighted by Gasteiger charge is 2.51. The van der Waals surface area contributed by atoms with Crippen molar-refractivity contribution in [1.29, 1.82) is 0 Å². The van der Waals surface area contributed by atoms with Crippen molar-refractivity contribution < 1.29 is 63.1 Å². The number of rotatable bonds is 38. The zero-order chi connectivity index (χ0) is 45.0. The van der Waals surface area contributed by atoms with Crippen LogP contribution in [0.15, 0.2) is 48.6 Å². The number of hydrogen-bond acceptors (Lipinski definition) is 12. The molecule has 0 aromatic heterocycles. The molecule has 1 fully saturated rings. The molecule has 0 amide bonds. The first-order valence-electron chi connectivity index (χ1n) is 23.4. The van der Waals surface area contributed by atoms with Crippen LogP contribution in [-0.2, 0) is 32.7 Å². The van der Waals surface area contributed by atoms with Crippen LogP contribution in [-0.4, -0.2) is 98.3 Å². The monoisotopic (exact) mass is 887 g/mol. The highest BCUT2D eigenvalue weighted by Crippen LogP contribution is 2.47. The standard InChI is InChI=1S/C47H83O13P/c1-3-5-7-9-11-13-15-17-19-20-22-23-25-27-29-31-33-35-40(48)57-37-39(38-58-61(55,56)60-47-45(53)43(51)42(50)44(52)46(47)54)59-41(49)36-34-32-30-28-26-24-21-18-16-14-12-10-8-6-4-2/h11,13,17-19,21-23,39,42-47,50-54H,3-10,12,14-16,20,24-38H2,1-2H3,(H,55,56)/t39-,42?,43-,44?,45?,46?,47?/m1/s1. The van der Waals surface area contributed by atoms with Gasteiger partial charge < -0.3 is 39.9 Å². The van der Waals surface area contributed by atoms with Crippen LogP contribution >= 0.6 is 7.82 Å². The van der Waals surface area contributed by atoms with Crippen LogP contribution in [0.5, 0.6) is 0 Å². The van der Waals surface area contributed by atoms with E-state index in [1.165, 1.54) is 57.8 Å². The summed E-state index contributed by atoms with van der Waals surface area (Å²) in [5.41, 5.74) is 0. The van der Waals surface area contributed by atoms with Crippen LogP contribution in [0, 0.1) is 0 Å². The van der Waals surface area contributed by atoms with Gasteiger partial charge in [-0.15, -0.1) is 0 Å². The molecule has 1 rings (SSSR count). The van der Waals surface area contributed by atoms with E-state index in [9.17, 15) is 44.6 Å². The third-order valence-electron chi connectivity index (χ3n) is 10.6. The summed E-state index contributed by atoms with van der Waals surface area (Å²) in [7, 11) is -5.13. The Morgan fingerprint density at radius 3 is 1.39 bits per heavy atom. The Morgan fingerprint density at radius 2 is 0.885 bits per heavy atom. The molecule has 0 bridgehead atoms. The Kier molecular flexibility index (Phi) is 34.7. The van der Waals surface area contributed by atoms with E-state index >= 15 is 0 Å². The molecule has 6 N–H and O–H groups in total. The number of aliphatic hydroxyl groups excluding tert-OH is 5. The number of hydrogen-bond donors (Lipinski definition) is 6. The maximum atomic E-state index is 12.8. The quantitative estimate of drug-likeness (QED) is 0.0148. The summed E-state index contributed by atoms with van der Waals surface area (Å²) in [4.78, 5) is 35.7. The van der Waals surface area contributed by atoms with Gasteiger partial charge in [0, 0.05) is 12.8 Å². The highest BCUT2D eigenvalue weighted by molar-refractivity contribution is 7.47. The van der Waals surface area contributed by atoms with Crippen molar-refractivity contribution in [2.75, 3.05) is 13.2 Å². The predicted octanol–water partition coefficient (Wildman–Crippen LogP) is 9.17. The number of unbranched alkanes of at least 4 members (excludes halogenated alkanes) is 18. The number of allylic oxidation sites excluding steroid dienone is 8. The molecule has 354 valence electrons. The lowest BCUT2D eigenvalue weighted by molar-refractivity contribution is -0.220. The summed E-state index contributed by atoms with van der Waals surface area (Å²) in [6.45, 7) is 3.24. The van der Waals surface area contributed by atoms with Gasteiger partial charge in [-0.1, -0.05) is 140 Å². The van der Waals surface area contributed by atoms with E-state index in [-0.39, 0.29) is 12.8 Å². The molecule has 1 saturated carbocycles. The van der Waals surface area contributed by atoms with E-state index in [4.69, 9.17) is 18.5 Å². The molecule has 0 spiro atoms. The van der Waals surface area contributed by atoms with Gasteiger partial charge in [0.05, 0.1) is 6.61 Å². The number of phosphoric acid groups is 1. The molecule has 0 aromatic rings. The van der Waals surface area contributed by atoms with E-state index in [1.807, 2.05) is 0 Å². The van der Waals surface area contributed by atoms with Crippen molar-refractivity contribution in [2.24, 2.45) is 0 Å². The van der Waals surface area contributed by atoms with Crippen molar-refractivity contribution >= 4 is 19.8 Å². The number of esters is 2. The van der Waals surface area contributed by atoms with Crippen molar-refractivity contribution in [3.8, 4) is 0 Å². The van der Waals surface area contributed by atoms with Gasteiger partial charge >= 0.3 is 19.8 Å². The Bertz CT molecular complexity index is 1250. The fourth-order valence-electron chi connectivity index (χ4n) is 6.82. The molecule has 1 aliphatic carbocycles. The molecule has 0 heterocycles. The van der Waals surface area contributed by atoms with E-state index in [2.05, 4.69) is 62.5 Å². The summed E-state index contributed by atoms with van der Waals surface area (Å²) < 4.78 is 33.5. The number of ether oxygens (including phenoxy) is 2. The zero-order valence-electron chi connectivity index (χ0n) is 37.4. The molecule has 0 aliphatic heterocycles. The Balaban J connectivity index is 2.48. The fraction of sp³-hybridized carbons (Fsp3) is 0.787. The first-order valence-corrected chi connectivity index (χ1v) is 24.9. The predicted molar refractivity (Wildman–Crippen MR) is 239 cm³/mol. The molecule has 1 aliphatic rings. The summed E-state index contributed by atoms with van der Waals surface area (Å²) in [5, 5.41) is 50.1. The number of carbonyl (C=O) groups is 2. The molecule has 61 heavy (non-hydrogen) atoms. The van der Waals surface area contributed by atoms with Crippen molar-refractivity contribution in [1.82, 2.24) is 0 Å². The van der Waals surface area contributed by atoms with Gasteiger partial charge in [0.15, 0.2) is 6.10 Å². The summed E-state index contributed by atoms with van der Waals surface area (Å²) in [6.07, 6.45) is 30.2. The molecule has 8 atom stereocenters. The lowest BCUT2D eigenvalue weighted by Crippen LogP contribution is -2.64. The van der Waals surface area contributed by atoms with Gasteiger partial charge in [-0.2, -0.15) is 0 Å². The van der Waals surface area contributed by atoms with Gasteiger partial charge in [-0.05, 0) is 77.0 Å². The zero-order valence-corrected chi connectivity index (χ0v) is 38.3. The summed E-state index contributed by atoms with van der Waals surface area (Å²) in [5.74, 6) is -1.14. The molecule has 0 aromatic carbocycles. The maximum Gasteiger partial charge on any atom is 0.472 e. The molecule has 14 heteroatoms. The normalized spacial score (nSPS) is 22.4. The minimum Gasteiger partial charge on any atom is -0.462 e. The van der Waals surface area contributed by atoms with Gasteiger partial charge in [0.1, 0.15) is 43.2 Å². The summed E-state index contributed by atoms with van der Waals surface area (Å²) >= 11 is 0. The lowest BCUT2D eigenvalue weighted by atomic mass is 9.85. The highest BCUT2D eigenvalue weighted by atomic mass is 31.2. The van der Waals surface area contributed by atoms with Gasteiger partial charge in [-0.3, -0.25) is 18.6 Å². The fourth-order valence-corrected chi connectivity index (χ4v) is 7.79. The van der Waals surface area contributed by atoms with E-state index in [1.54, 1.807) is 0 Å². The first kappa shape index (κ1) is 56.8. The van der Waals surface area contributed by atoms with Crippen molar-refractivity contribution in [3.63, 3.8) is 0 Å². The summed E-state index contributed by atoms with van der Waals surface area (Å²) in [6, 6.07) is 0. The average Bonchev–Trinajstić information content (AvgIpc) is 3.24. The van der Waals surface area contributed by atoms with Crippen molar-refractivity contribution in [2.45, 2.75) is 224 Å². The smallest absolute Gasteiger partial charge is 0.462 e. The van der Waals surface area contributed by atoms with Crippen LogP contribution in [0.1, 0.15) is 181 Å². The SMILES string of the molecule is CCCCCC=CCC=CCC=CCCCCCCC(=O)OC[C@H](COP(=O)(O)OC1C(O)C(O)C(O)[C@@H](O)C1O)OC(=O)CCCCCCCC=CCCCCCCCC. The lowest BCUT2D eigenvalue weighted by Gasteiger charge is -2.41. The molecule has 0 radical (unpaired) electrons. The molecule has 0 saturated heterocycles. The van der Waals surface area contributed by atoms with Gasteiger partial charge in [0.25, 0.3) is 0 Å². The van der Waals surface area contributed by atoms with E-state index in [0.717, 1.165) is 83.5 Å². The van der Waals surface area contributed by atoms with Crippen LogP contribution in [0.2, 0.25) is 0 Å². The molecule has 13 nitrogen and oxygen atoms in total. The minimum absolute atomic E-state index is 0.0805. The van der Waals surface area contributed by atoms with Crippen LogP contribution in [0.3, 0.4) is 0 Å². The van der Waals surface area contributed by atoms with Crippen LogP contribution in [0.4, 0.5) is 0 Å². The Morgan fingerprint density at radius 1 is 0.508 bits per heavy atom. The largest absolute Gasteiger partial charge is 0.472 e. The third-order valence-corrected chi connectivity index (χ3v) is 11.6. The second-order valence-electron chi connectivity index (χ2n) is 16.3. The first-order chi connectivity index (χ1) is 29.4. The minimum atomic E-state index is -5.13. The topological polar surface area (TPSA) is 210 Å². The average molecular weight is 887 g/mol. The van der Waals surface area contributed by atoms with Gasteiger partial charge in [-0.25, -0.2) is 4.57 Å². The molecule has 6 unspecified atom stereocenters. The number of aliphatic hydroxyl groups is 5. The van der Waals surface area contributed by atoms with E-state index in [0.29, 0.717) is 12.8 Å². The number of phosphoric ester groups is 1. The maximum absolute atomic E-state index is 12.8. The molecular formula is C47H83O13P. The van der Waals surface area contributed by atoms with Gasteiger partial charge in [0.2, 0.25) is 0 Å². The van der Waals surface area contributed by atoms with E-state index < -0.39 is 75.7 Å². The van der Waals surface area contributed by atoms with Crippen LogP contribution in [0.25, 0.3) is 0 Å². The third kappa shape index (κ3) is 29.7. The second kappa shape index (κ2) is 37.2.